The lowest BCUT2D eigenvalue weighted by atomic mass is 9.79. The molecule has 0 radical (unpaired) electrons. The van der Waals surface area contributed by atoms with Gasteiger partial charge in [-0.15, -0.1) is 0 Å². The van der Waals surface area contributed by atoms with Gasteiger partial charge in [-0.3, -0.25) is 5.01 Å². The summed E-state index contributed by atoms with van der Waals surface area (Å²) in [6, 6.07) is 29.5. The van der Waals surface area contributed by atoms with Crippen LogP contribution in [0.1, 0.15) is 28.8 Å². The van der Waals surface area contributed by atoms with Crippen molar-refractivity contribution in [1.82, 2.24) is 5.01 Å². The summed E-state index contributed by atoms with van der Waals surface area (Å²) in [7, 11) is 2.06. The van der Waals surface area contributed by atoms with Crippen LogP contribution >= 0.6 is 0 Å². The van der Waals surface area contributed by atoms with Gasteiger partial charge in [-0.05, 0) is 23.3 Å². The predicted molar refractivity (Wildman–Crippen MR) is 103 cm³/mol. The minimum atomic E-state index is -0.0555. The van der Waals surface area contributed by atoms with E-state index >= 15 is 0 Å². The summed E-state index contributed by atoms with van der Waals surface area (Å²) in [4.78, 5) is 0. The van der Waals surface area contributed by atoms with Crippen LogP contribution in [-0.4, -0.2) is 17.8 Å². The largest absolute Gasteiger partial charge is 0.484 e. The van der Waals surface area contributed by atoms with Crippen LogP contribution in [0.25, 0.3) is 0 Å². The molecule has 0 unspecified atom stereocenters. The minimum Gasteiger partial charge on any atom is -0.484 e. The van der Waals surface area contributed by atoms with E-state index in [1.807, 2.05) is 18.2 Å². The Kier molecular flexibility index (Phi) is 3.52. The fraction of sp³-hybridized carbons (Fsp3) is 0.174. The number of fused-ring (bicyclic) bond motifs is 3. The molecule has 0 amide bonds. The van der Waals surface area contributed by atoms with Crippen LogP contribution in [-0.2, 0) is 0 Å². The molecular weight excluding hydrogens is 320 g/mol. The highest BCUT2D eigenvalue weighted by Gasteiger charge is 2.47. The van der Waals surface area contributed by atoms with E-state index in [4.69, 9.17) is 9.84 Å². The zero-order valence-corrected chi connectivity index (χ0v) is 14.6. The average Bonchev–Trinajstić information content (AvgIpc) is 3.06. The van der Waals surface area contributed by atoms with Crippen molar-refractivity contribution in [3.8, 4) is 5.75 Å². The third kappa shape index (κ3) is 2.31. The summed E-state index contributed by atoms with van der Waals surface area (Å²) in [5.74, 6) is 1.07. The van der Waals surface area contributed by atoms with Crippen molar-refractivity contribution in [3.63, 3.8) is 0 Å². The van der Waals surface area contributed by atoms with E-state index in [2.05, 4.69) is 78.8 Å². The lowest BCUT2D eigenvalue weighted by Gasteiger charge is -2.36. The van der Waals surface area contributed by atoms with Crippen molar-refractivity contribution in [3.05, 3.63) is 102 Å². The smallest absolute Gasteiger partial charge is 0.135 e. The topological polar surface area (TPSA) is 24.8 Å². The summed E-state index contributed by atoms with van der Waals surface area (Å²) < 4.78 is 6.52. The molecule has 0 N–H and O–H groups in total. The second-order valence-electron chi connectivity index (χ2n) is 6.89. The molecule has 5 rings (SSSR count). The molecule has 3 aromatic carbocycles. The van der Waals surface area contributed by atoms with Gasteiger partial charge in [0.15, 0.2) is 0 Å². The van der Waals surface area contributed by atoms with Gasteiger partial charge in [0.05, 0.1) is 17.7 Å². The Morgan fingerprint density at radius 2 is 1.38 bits per heavy atom. The number of hydrogen-bond acceptors (Lipinski definition) is 3. The average molecular weight is 340 g/mol. The first-order valence-electron chi connectivity index (χ1n) is 9.00. The number of nitrogens with zero attached hydrogens (tertiary/aromatic N) is 2. The number of hydrogen-bond donors (Lipinski definition) is 0. The maximum Gasteiger partial charge on any atom is 0.135 e. The molecule has 2 aliphatic rings. The maximum absolute atomic E-state index is 6.52. The molecular formula is C23H20N2O. The van der Waals surface area contributed by atoms with Gasteiger partial charge in [0.1, 0.15) is 11.9 Å². The van der Waals surface area contributed by atoms with Crippen molar-refractivity contribution in [2.75, 3.05) is 7.05 Å². The molecule has 0 aliphatic carbocycles. The Morgan fingerprint density at radius 3 is 2.12 bits per heavy atom. The van der Waals surface area contributed by atoms with Gasteiger partial charge in [0, 0.05) is 12.6 Å². The lowest BCUT2D eigenvalue weighted by molar-refractivity contribution is 0.113. The molecule has 3 atom stereocenters. The second-order valence-corrected chi connectivity index (χ2v) is 6.89. The second kappa shape index (κ2) is 6.03. The molecule has 3 aromatic rings. The minimum absolute atomic E-state index is 0.0555. The highest BCUT2D eigenvalue weighted by molar-refractivity contribution is 6.07. The molecule has 0 aromatic heterocycles. The van der Waals surface area contributed by atoms with Gasteiger partial charge in [-0.2, -0.15) is 5.10 Å². The predicted octanol–water partition coefficient (Wildman–Crippen LogP) is 4.83. The number of para-hydroxylation sites is 1. The first kappa shape index (κ1) is 15.2. The summed E-state index contributed by atoms with van der Waals surface area (Å²) in [5.41, 5.74) is 4.69. The summed E-state index contributed by atoms with van der Waals surface area (Å²) in [6.45, 7) is 0. The zero-order chi connectivity index (χ0) is 17.5. The van der Waals surface area contributed by atoms with Crippen molar-refractivity contribution in [2.45, 2.75) is 12.1 Å². The van der Waals surface area contributed by atoms with Crippen LogP contribution in [0.3, 0.4) is 0 Å². The molecule has 0 saturated carbocycles. The monoisotopic (exact) mass is 340 g/mol. The first-order chi connectivity index (χ1) is 12.8. The van der Waals surface area contributed by atoms with Gasteiger partial charge < -0.3 is 4.74 Å². The maximum atomic E-state index is 6.52. The molecule has 2 heterocycles. The van der Waals surface area contributed by atoms with E-state index in [1.54, 1.807) is 0 Å². The SMILES string of the molecule is CN1N=C2c3ccccc3O[C@H](c3ccccc3)[C@H]2[C@@H]1c1ccccc1. The highest BCUT2D eigenvalue weighted by atomic mass is 16.5. The Labute approximate surface area is 153 Å². The third-order valence-corrected chi connectivity index (χ3v) is 5.34. The number of ether oxygens (including phenoxy) is 1. The van der Waals surface area contributed by atoms with E-state index in [-0.39, 0.29) is 18.1 Å². The normalized spacial score (nSPS) is 23.7. The van der Waals surface area contributed by atoms with Crippen LogP contribution in [0.15, 0.2) is 90.0 Å². The third-order valence-electron chi connectivity index (χ3n) is 5.34. The van der Waals surface area contributed by atoms with Crippen LogP contribution in [0.5, 0.6) is 5.75 Å². The number of benzene rings is 3. The molecule has 2 aliphatic heterocycles. The van der Waals surface area contributed by atoms with Gasteiger partial charge in [-0.1, -0.05) is 72.8 Å². The van der Waals surface area contributed by atoms with Crippen LogP contribution in [0.4, 0.5) is 0 Å². The van der Waals surface area contributed by atoms with Gasteiger partial charge >= 0.3 is 0 Å². The highest BCUT2D eigenvalue weighted by Crippen LogP contribution is 2.49. The lowest BCUT2D eigenvalue weighted by Crippen LogP contribution is -2.35. The van der Waals surface area contributed by atoms with Crippen molar-refractivity contribution < 1.29 is 4.74 Å². The quantitative estimate of drug-likeness (QED) is 0.668. The Balaban J connectivity index is 1.68. The summed E-state index contributed by atoms with van der Waals surface area (Å²) in [6.07, 6.45) is -0.0555. The molecule has 3 nitrogen and oxygen atoms in total. The fourth-order valence-corrected chi connectivity index (χ4v) is 4.21. The van der Waals surface area contributed by atoms with E-state index in [9.17, 15) is 0 Å². The van der Waals surface area contributed by atoms with Crippen LogP contribution in [0.2, 0.25) is 0 Å². The van der Waals surface area contributed by atoms with Gasteiger partial charge in [-0.25, -0.2) is 0 Å². The van der Waals surface area contributed by atoms with Crippen molar-refractivity contribution >= 4 is 5.71 Å². The molecule has 0 spiro atoms. The zero-order valence-electron chi connectivity index (χ0n) is 14.6. The molecule has 128 valence electrons. The Morgan fingerprint density at radius 1 is 0.769 bits per heavy atom. The van der Waals surface area contributed by atoms with E-state index in [1.165, 1.54) is 11.1 Å². The van der Waals surface area contributed by atoms with Gasteiger partial charge in [0.25, 0.3) is 0 Å². The van der Waals surface area contributed by atoms with Gasteiger partial charge in [0.2, 0.25) is 0 Å². The molecule has 3 heteroatoms. The van der Waals surface area contributed by atoms with E-state index in [0.717, 1.165) is 17.0 Å². The number of hydrazone groups is 1. The fourth-order valence-electron chi connectivity index (χ4n) is 4.21. The summed E-state index contributed by atoms with van der Waals surface area (Å²) >= 11 is 0. The molecule has 26 heavy (non-hydrogen) atoms. The molecule has 0 bridgehead atoms. The summed E-state index contributed by atoms with van der Waals surface area (Å²) in [5, 5.41) is 7.05. The first-order valence-corrected chi connectivity index (χ1v) is 9.00. The standard InChI is InChI=1S/C23H20N2O/c1-25-22(16-10-4-2-5-11-16)20-21(24-25)18-14-8-9-15-19(18)26-23(20)17-12-6-3-7-13-17/h2-15,20,22-23H,1H3/t20-,22+,23-/m1/s1. The van der Waals surface area contributed by atoms with E-state index < -0.39 is 0 Å². The van der Waals surface area contributed by atoms with Crippen LogP contribution in [0, 0.1) is 5.92 Å². The van der Waals surface area contributed by atoms with Crippen molar-refractivity contribution in [1.29, 1.82) is 0 Å². The molecule has 0 saturated heterocycles. The Bertz CT molecular complexity index is 952. The Hall–Kier alpha value is -3.07. The van der Waals surface area contributed by atoms with E-state index in [0.29, 0.717) is 0 Å². The number of rotatable bonds is 2. The van der Waals surface area contributed by atoms with Crippen molar-refractivity contribution in [2.24, 2.45) is 11.0 Å². The van der Waals surface area contributed by atoms with Crippen LogP contribution < -0.4 is 4.74 Å². The molecule has 0 fully saturated rings.